The van der Waals surface area contributed by atoms with Gasteiger partial charge in [-0.25, -0.2) is 13.1 Å². The van der Waals surface area contributed by atoms with E-state index >= 15 is 0 Å². The van der Waals surface area contributed by atoms with E-state index in [1.165, 1.54) is 23.9 Å². The van der Waals surface area contributed by atoms with Gasteiger partial charge in [0.1, 0.15) is 6.04 Å². The summed E-state index contributed by atoms with van der Waals surface area (Å²) in [5.41, 5.74) is 7.24. The van der Waals surface area contributed by atoms with Crippen molar-refractivity contribution in [3.05, 3.63) is 161 Å². The fourth-order valence-electron chi connectivity index (χ4n) is 6.83. The number of amides is 1. The van der Waals surface area contributed by atoms with Gasteiger partial charge in [-0.05, 0) is 75.4 Å². The Morgan fingerprint density at radius 2 is 1.55 bits per heavy atom. The second-order valence-electron chi connectivity index (χ2n) is 14.4. The number of hydrogen-bond donors (Lipinski definition) is 3. The molecule has 3 N–H and O–H groups in total. The second-order valence-corrected chi connectivity index (χ2v) is 17.1. The van der Waals surface area contributed by atoms with Gasteiger partial charge in [-0.15, -0.1) is 5.10 Å². The van der Waals surface area contributed by atoms with E-state index in [4.69, 9.17) is 9.47 Å². The van der Waals surface area contributed by atoms with Crippen LogP contribution in [0.5, 0.6) is 0 Å². The van der Waals surface area contributed by atoms with Crippen LogP contribution in [-0.4, -0.2) is 57.5 Å². The lowest BCUT2D eigenvalue weighted by Gasteiger charge is -2.41. The van der Waals surface area contributed by atoms with E-state index in [1.54, 1.807) is 16.8 Å². The first kappa shape index (κ1) is 41.0. The number of benzene rings is 5. The molecular weight excluding hydrogens is 773 g/mol. The number of hydrogen-bond acceptors (Lipinski definition) is 10. The van der Waals surface area contributed by atoms with Crippen molar-refractivity contribution in [2.24, 2.45) is 13.0 Å². The molecule has 14 heteroatoms. The summed E-state index contributed by atoms with van der Waals surface area (Å²) in [5.74, 6) is 0.200. The van der Waals surface area contributed by atoms with Crippen molar-refractivity contribution in [2.45, 2.75) is 68.0 Å². The summed E-state index contributed by atoms with van der Waals surface area (Å²) >= 11 is 1.53. The quantitative estimate of drug-likeness (QED) is 0.0982. The molecule has 5 aromatic carbocycles. The molecular formula is C44H46N6O6S2. The third-order valence-electron chi connectivity index (χ3n) is 10.2. The lowest BCUT2D eigenvalue weighted by Crippen LogP contribution is -2.47. The predicted octanol–water partition coefficient (Wildman–Crippen LogP) is 6.47. The molecule has 1 fully saturated rings. The number of rotatable bonds is 15. The number of aryl methyl sites for hydroxylation is 2. The van der Waals surface area contributed by atoms with Crippen LogP contribution in [0.25, 0.3) is 11.1 Å². The maximum atomic E-state index is 13.6. The molecule has 1 aliphatic rings. The number of carbonyl (C=O) groups excluding carboxylic acids is 1. The smallest absolute Gasteiger partial charge is 0.241 e. The monoisotopic (exact) mass is 818 g/mol. The van der Waals surface area contributed by atoms with Crippen molar-refractivity contribution in [1.29, 1.82) is 0 Å². The van der Waals surface area contributed by atoms with Crippen LogP contribution in [0.1, 0.15) is 52.7 Å². The summed E-state index contributed by atoms with van der Waals surface area (Å²) in [6, 6.07) is 38.6. The van der Waals surface area contributed by atoms with Gasteiger partial charge in [-0.2, -0.15) is 4.72 Å². The van der Waals surface area contributed by atoms with E-state index < -0.39 is 28.3 Å². The van der Waals surface area contributed by atoms with Gasteiger partial charge in [0.05, 0.1) is 23.7 Å². The molecule has 7 rings (SSSR count). The molecule has 0 radical (unpaired) electrons. The van der Waals surface area contributed by atoms with Crippen LogP contribution in [0.2, 0.25) is 0 Å². The van der Waals surface area contributed by atoms with Crippen molar-refractivity contribution < 1.29 is 27.8 Å². The highest BCUT2D eigenvalue weighted by Gasteiger charge is 2.38. The minimum Gasteiger partial charge on any atom is -0.392 e. The highest BCUT2D eigenvalue weighted by molar-refractivity contribution is 7.99. The standard InChI is InChI=1S/C44H46N6O6S2/c1-29-12-22-38(23-13-29)58(53,54)47-39(25-31-8-5-4-6-9-31)42(52)45-26-33-10-7-11-37(24-33)34-18-20-36(21-19-34)43-55-40(28-57-44-46-48-49-50(44)3)30(2)41(56-43)35-16-14-32(27-51)15-17-35/h4-24,30,39-41,43,47,51H,25-28H2,1-3H3,(H,45,52). The Kier molecular flexibility index (Phi) is 13.1. The molecule has 58 heavy (non-hydrogen) atoms. The first-order chi connectivity index (χ1) is 28.1. The van der Waals surface area contributed by atoms with Crippen LogP contribution in [-0.2, 0) is 50.9 Å². The van der Waals surface area contributed by atoms with Gasteiger partial charge in [0.25, 0.3) is 0 Å². The molecule has 0 spiro atoms. The molecule has 0 bridgehead atoms. The Hall–Kier alpha value is -5.22. The number of tetrazole rings is 1. The molecule has 5 unspecified atom stereocenters. The number of ether oxygens (including phenoxy) is 2. The number of sulfonamides is 1. The minimum absolute atomic E-state index is 0.00871. The molecule has 1 aromatic heterocycles. The highest BCUT2D eigenvalue weighted by Crippen LogP contribution is 2.43. The lowest BCUT2D eigenvalue weighted by molar-refractivity contribution is -0.268. The van der Waals surface area contributed by atoms with E-state index in [2.05, 4.69) is 32.5 Å². The van der Waals surface area contributed by atoms with Gasteiger partial charge in [-0.1, -0.05) is 133 Å². The zero-order valence-electron chi connectivity index (χ0n) is 32.4. The summed E-state index contributed by atoms with van der Waals surface area (Å²) in [6.07, 6.45) is -0.886. The van der Waals surface area contributed by atoms with Gasteiger partial charge in [-0.3, -0.25) is 4.79 Å². The predicted molar refractivity (Wildman–Crippen MR) is 222 cm³/mol. The summed E-state index contributed by atoms with van der Waals surface area (Å²) in [7, 11) is -2.16. The number of aliphatic hydroxyl groups excluding tert-OH is 1. The van der Waals surface area contributed by atoms with Gasteiger partial charge >= 0.3 is 0 Å². The third kappa shape index (κ3) is 10.1. The molecule has 1 aliphatic heterocycles. The molecule has 0 aliphatic carbocycles. The fraction of sp³-hybridized carbons (Fsp3) is 0.273. The van der Waals surface area contributed by atoms with E-state index in [0.29, 0.717) is 10.9 Å². The van der Waals surface area contributed by atoms with Crippen LogP contribution in [0.3, 0.4) is 0 Å². The van der Waals surface area contributed by atoms with Crippen molar-refractivity contribution in [3.63, 3.8) is 0 Å². The maximum Gasteiger partial charge on any atom is 0.241 e. The summed E-state index contributed by atoms with van der Waals surface area (Å²) in [4.78, 5) is 13.7. The molecule has 2 heterocycles. The lowest BCUT2D eigenvalue weighted by atomic mass is 9.91. The van der Waals surface area contributed by atoms with Crippen LogP contribution in [0.4, 0.5) is 0 Å². The first-order valence-electron chi connectivity index (χ1n) is 19.0. The Balaban J connectivity index is 1.05. The number of carbonyl (C=O) groups is 1. The van der Waals surface area contributed by atoms with Crippen molar-refractivity contribution in [1.82, 2.24) is 30.2 Å². The largest absolute Gasteiger partial charge is 0.392 e. The number of aliphatic hydroxyl groups is 1. The van der Waals surface area contributed by atoms with Crippen molar-refractivity contribution >= 4 is 27.7 Å². The van der Waals surface area contributed by atoms with E-state index in [1.807, 2.05) is 117 Å². The van der Waals surface area contributed by atoms with Gasteiger partial charge in [0.15, 0.2) is 6.29 Å². The number of thioether (sulfide) groups is 1. The average molecular weight is 819 g/mol. The first-order valence-corrected chi connectivity index (χ1v) is 21.5. The molecule has 300 valence electrons. The molecule has 5 atom stereocenters. The average Bonchev–Trinajstić information content (AvgIpc) is 3.66. The summed E-state index contributed by atoms with van der Waals surface area (Å²) in [5, 5.41) is 25.1. The minimum atomic E-state index is -3.96. The zero-order chi connectivity index (χ0) is 40.6. The topological polar surface area (TPSA) is 158 Å². The van der Waals surface area contributed by atoms with Crippen LogP contribution >= 0.6 is 11.8 Å². The van der Waals surface area contributed by atoms with E-state index in [-0.39, 0.29) is 42.6 Å². The normalized spacial score (nSPS) is 18.8. The molecule has 1 amide bonds. The van der Waals surface area contributed by atoms with Crippen LogP contribution in [0, 0.1) is 12.8 Å². The fourth-order valence-corrected chi connectivity index (χ4v) is 9.03. The van der Waals surface area contributed by atoms with Gasteiger partial charge < -0.3 is 19.9 Å². The molecule has 1 saturated heterocycles. The van der Waals surface area contributed by atoms with Crippen molar-refractivity contribution in [3.8, 4) is 11.1 Å². The summed E-state index contributed by atoms with van der Waals surface area (Å²) in [6.45, 7) is 4.17. The maximum absolute atomic E-state index is 13.6. The van der Waals surface area contributed by atoms with Crippen molar-refractivity contribution in [2.75, 3.05) is 5.75 Å². The number of nitrogens with one attached hydrogen (secondary N) is 2. The molecule has 6 aromatic rings. The third-order valence-corrected chi connectivity index (χ3v) is 12.8. The Morgan fingerprint density at radius 1 is 0.845 bits per heavy atom. The summed E-state index contributed by atoms with van der Waals surface area (Å²) < 4.78 is 44.2. The van der Waals surface area contributed by atoms with Crippen LogP contribution in [0.15, 0.2) is 137 Å². The Bertz CT molecular complexity index is 2390. The number of aromatic nitrogens is 4. The zero-order valence-corrected chi connectivity index (χ0v) is 34.1. The van der Waals surface area contributed by atoms with E-state index in [0.717, 1.165) is 44.5 Å². The Labute approximate surface area is 343 Å². The molecule has 0 saturated carbocycles. The molecule has 12 nitrogen and oxygen atoms in total. The van der Waals surface area contributed by atoms with Crippen LogP contribution < -0.4 is 10.0 Å². The second kappa shape index (κ2) is 18.6. The SMILES string of the molecule is Cc1ccc(S(=O)(=O)NC(Cc2ccccc2)C(=O)NCc2cccc(-c3ccc(C4OC(CSc5nnnn5C)C(C)C(c5ccc(CO)cc5)O4)cc3)c2)cc1. The van der Waals surface area contributed by atoms with Gasteiger partial charge in [0.2, 0.25) is 21.1 Å². The number of nitrogens with zero attached hydrogens (tertiary/aromatic N) is 4. The highest BCUT2D eigenvalue weighted by atomic mass is 32.2. The Morgan fingerprint density at radius 3 is 2.24 bits per heavy atom. The van der Waals surface area contributed by atoms with Gasteiger partial charge in [0, 0.05) is 30.8 Å². The van der Waals surface area contributed by atoms with E-state index in [9.17, 15) is 18.3 Å².